The van der Waals surface area contributed by atoms with Gasteiger partial charge in [-0.15, -0.1) is 0 Å². The van der Waals surface area contributed by atoms with E-state index in [9.17, 15) is 14.5 Å². The molecule has 0 amide bonds. The van der Waals surface area contributed by atoms with Crippen LogP contribution in [0.1, 0.15) is 0 Å². The lowest BCUT2D eigenvalue weighted by Gasteiger charge is -2.12. The molecule has 0 N–H and O–H groups in total. The van der Waals surface area contributed by atoms with Gasteiger partial charge in [0.1, 0.15) is 11.6 Å². The highest BCUT2D eigenvalue weighted by molar-refractivity contribution is 6.02. The molecule has 0 bridgehead atoms. The summed E-state index contributed by atoms with van der Waals surface area (Å²) in [6.07, 6.45) is 0. The Balaban J connectivity index is 2.44. The fraction of sp³-hybridized carbons (Fsp3) is 0.0588. The van der Waals surface area contributed by atoms with Gasteiger partial charge in [0.25, 0.3) is 5.69 Å². The van der Waals surface area contributed by atoms with Crippen LogP contribution in [0.2, 0.25) is 0 Å². The second kappa shape index (κ2) is 5.44. The zero-order valence-corrected chi connectivity index (χ0v) is 11.7. The van der Waals surface area contributed by atoms with Crippen molar-refractivity contribution in [3.05, 3.63) is 70.5 Å². The van der Waals surface area contributed by atoms with E-state index in [2.05, 4.69) is 0 Å². The summed E-state index contributed by atoms with van der Waals surface area (Å²) in [6.45, 7) is 0. The summed E-state index contributed by atoms with van der Waals surface area (Å²) < 4.78 is 19.7. The molecule has 0 aliphatic carbocycles. The average molecular weight is 297 g/mol. The van der Waals surface area contributed by atoms with Gasteiger partial charge in [-0.05, 0) is 17.5 Å². The summed E-state index contributed by atoms with van der Waals surface area (Å²) in [5.74, 6) is -0.0849. The number of methoxy groups -OCH3 is 1. The van der Waals surface area contributed by atoms with Gasteiger partial charge in [0, 0.05) is 17.0 Å². The van der Waals surface area contributed by atoms with Crippen molar-refractivity contribution in [1.29, 1.82) is 0 Å². The van der Waals surface area contributed by atoms with Crippen molar-refractivity contribution in [2.24, 2.45) is 0 Å². The molecule has 0 spiro atoms. The first kappa shape index (κ1) is 14.0. The molecule has 0 unspecified atom stereocenters. The molecule has 0 radical (unpaired) electrons. The van der Waals surface area contributed by atoms with E-state index in [1.165, 1.54) is 25.3 Å². The molecule has 3 rings (SSSR count). The summed E-state index contributed by atoms with van der Waals surface area (Å²) >= 11 is 0. The van der Waals surface area contributed by atoms with Crippen molar-refractivity contribution >= 4 is 16.5 Å². The van der Waals surface area contributed by atoms with Crippen LogP contribution in [0.5, 0.6) is 5.75 Å². The third kappa shape index (κ3) is 2.16. The number of nitrogens with zero attached hydrogens (tertiary/aromatic N) is 1. The Hall–Kier alpha value is -2.95. The summed E-state index contributed by atoms with van der Waals surface area (Å²) in [4.78, 5) is 10.7. The minimum atomic E-state index is -0.632. The number of benzene rings is 3. The maximum absolute atomic E-state index is 14.3. The summed E-state index contributed by atoms with van der Waals surface area (Å²) in [6, 6.07) is 14.5. The van der Waals surface area contributed by atoms with Crippen LogP contribution in [0.4, 0.5) is 10.1 Å². The second-order valence-electron chi connectivity index (χ2n) is 4.76. The molecule has 0 aliphatic rings. The lowest BCUT2D eigenvalue weighted by Crippen LogP contribution is -1.96. The maximum atomic E-state index is 14.3. The molecule has 4 nitrogen and oxygen atoms in total. The van der Waals surface area contributed by atoms with E-state index >= 15 is 0 Å². The van der Waals surface area contributed by atoms with Crippen LogP contribution in [0.3, 0.4) is 0 Å². The van der Waals surface area contributed by atoms with Crippen molar-refractivity contribution in [1.82, 2.24) is 0 Å². The zero-order valence-electron chi connectivity index (χ0n) is 11.7. The third-order valence-corrected chi connectivity index (χ3v) is 3.54. The Morgan fingerprint density at radius 2 is 1.73 bits per heavy atom. The fourth-order valence-corrected chi connectivity index (χ4v) is 2.62. The number of hydrogen-bond acceptors (Lipinski definition) is 3. The van der Waals surface area contributed by atoms with Crippen molar-refractivity contribution in [2.75, 3.05) is 7.11 Å². The molecule has 0 heterocycles. The van der Waals surface area contributed by atoms with Gasteiger partial charge in [-0.2, -0.15) is 0 Å². The highest BCUT2D eigenvalue weighted by Gasteiger charge is 2.22. The first-order valence-electron chi connectivity index (χ1n) is 6.62. The molecule has 0 atom stereocenters. The number of nitro benzene ring substituents is 1. The van der Waals surface area contributed by atoms with Crippen LogP contribution in [-0.4, -0.2) is 12.0 Å². The van der Waals surface area contributed by atoms with Crippen molar-refractivity contribution < 1.29 is 14.1 Å². The van der Waals surface area contributed by atoms with Crippen LogP contribution in [-0.2, 0) is 0 Å². The molecule has 3 aromatic carbocycles. The van der Waals surface area contributed by atoms with Gasteiger partial charge in [0.2, 0.25) is 0 Å². The van der Waals surface area contributed by atoms with E-state index < -0.39 is 10.7 Å². The van der Waals surface area contributed by atoms with Gasteiger partial charge >= 0.3 is 0 Å². The van der Waals surface area contributed by atoms with Gasteiger partial charge in [-0.3, -0.25) is 10.1 Å². The number of halogens is 1. The molecule has 0 saturated carbocycles. The predicted molar refractivity (Wildman–Crippen MR) is 82.5 cm³/mol. The van der Waals surface area contributed by atoms with Crippen LogP contribution < -0.4 is 4.74 Å². The predicted octanol–water partition coefficient (Wildman–Crippen LogP) is 4.56. The molecule has 5 heteroatoms. The molecule has 110 valence electrons. The lowest BCUT2D eigenvalue weighted by atomic mass is 9.96. The Morgan fingerprint density at radius 3 is 2.41 bits per heavy atom. The monoisotopic (exact) mass is 297 g/mol. The number of nitro groups is 1. The smallest absolute Gasteiger partial charge is 0.280 e. The minimum absolute atomic E-state index is 0.0254. The Bertz CT molecular complexity index is 872. The van der Waals surface area contributed by atoms with Crippen LogP contribution in [0, 0.1) is 15.9 Å². The molecule has 22 heavy (non-hydrogen) atoms. The Kier molecular flexibility index (Phi) is 3.47. The number of ether oxygens (including phenoxy) is 1. The summed E-state index contributed by atoms with van der Waals surface area (Å²) in [5.41, 5.74) is 0.153. The molecular formula is C17H12FNO3. The maximum Gasteiger partial charge on any atom is 0.280 e. The van der Waals surface area contributed by atoms with E-state index in [0.29, 0.717) is 16.7 Å². The van der Waals surface area contributed by atoms with E-state index in [1.54, 1.807) is 18.2 Å². The average Bonchev–Trinajstić information content (AvgIpc) is 2.53. The first-order valence-corrected chi connectivity index (χ1v) is 6.62. The zero-order chi connectivity index (χ0) is 15.7. The number of fused-ring (bicyclic) bond motifs is 1. The van der Waals surface area contributed by atoms with Crippen molar-refractivity contribution in [3.8, 4) is 16.9 Å². The lowest BCUT2D eigenvalue weighted by molar-refractivity contribution is -0.384. The summed E-state index contributed by atoms with van der Waals surface area (Å²) in [5, 5.41) is 12.7. The Labute approximate surface area is 125 Å². The van der Waals surface area contributed by atoms with Crippen LogP contribution in [0.15, 0.2) is 54.6 Å². The SMILES string of the molecule is COc1cccc2cccc(-c3c(F)cccc3[N+](=O)[O-])c12. The molecule has 0 saturated heterocycles. The number of rotatable bonds is 3. The van der Waals surface area contributed by atoms with Crippen LogP contribution in [0.25, 0.3) is 21.9 Å². The topological polar surface area (TPSA) is 52.4 Å². The van der Waals surface area contributed by atoms with E-state index in [-0.39, 0.29) is 11.3 Å². The largest absolute Gasteiger partial charge is 0.496 e. The fourth-order valence-electron chi connectivity index (χ4n) is 2.62. The van der Waals surface area contributed by atoms with Crippen LogP contribution >= 0.6 is 0 Å². The van der Waals surface area contributed by atoms with Gasteiger partial charge < -0.3 is 4.74 Å². The van der Waals surface area contributed by atoms with Crippen molar-refractivity contribution in [3.63, 3.8) is 0 Å². The van der Waals surface area contributed by atoms with Gasteiger partial charge in [0.05, 0.1) is 17.6 Å². The number of hydrogen-bond donors (Lipinski definition) is 0. The van der Waals surface area contributed by atoms with E-state index in [0.717, 1.165) is 5.39 Å². The van der Waals surface area contributed by atoms with Gasteiger partial charge in [0.15, 0.2) is 0 Å². The van der Waals surface area contributed by atoms with Gasteiger partial charge in [-0.25, -0.2) is 4.39 Å². The van der Waals surface area contributed by atoms with Gasteiger partial charge in [-0.1, -0.05) is 36.4 Å². The van der Waals surface area contributed by atoms with E-state index in [4.69, 9.17) is 4.74 Å². The normalized spacial score (nSPS) is 10.6. The Morgan fingerprint density at radius 1 is 1.05 bits per heavy atom. The molecular weight excluding hydrogens is 285 g/mol. The standard InChI is InChI=1S/C17H12FNO3/c1-22-15-10-3-6-11-5-2-7-12(16(11)15)17-13(18)8-4-9-14(17)19(20)21/h2-10H,1H3. The minimum Gasteiger partial charge on any atom is -0.496 e. The molecule has 0 aliphatic heterocycles. The first-order chi connectivity index (χ1) is 10.6. The molecule has 0 aromatic heterocycles. The van der Waals surface area contributed by atoms with E-state index in [1.807, 2.05) is 18.2 Å². The highest BCUT2D eigenvalue weighted by Crippen LogP contribution is 2.40. The highest BCUT2D eigenvalue weighted by atomic mass is 19.1. The quantitative estimate of drug-likeness (QED) is 0.526. The third-order valence-electron chi connectivity index (χ3n) is 3.54. The summed E-state index contributed by atoms with van der Waals surface area (Å²) in [7, 11) is 1.52. The molecule has 3 aromatic rings. The molecule has 0 fully saturated rings. The van der Waals surface area contributed by atoms with Crippen molar-refractivity contribution in [2.45, 2.75) is 0 Å². The second-order valence-corrected chi connectivity index (χ2v) is 4.76.